The fraction of sp³-hybridized carbons (Fsp3) is 0.0500. The Labute approximate surface area is 178 Å². The van der Waals surface area contributed by atoms with E-state index < -0.39 is 4.92 Å². The maximum atomic E-state index is 13.1. The number of rotatable bonds is 5. The van der Waals surface area contributed by atoms with Crippen LogP contribution in [0.3, 0.4) is 0 Å². The molecule has 27 heavy (non-hydrogen) atoms. The average Bonchev–Trinajstić information content (AvgIpc) is 2.68. The molecule has 136 valence electrons. The largest absolute Gasteiger partial charge is 0.304 e. The first kappa shape index (κ1) is 19.5. The Morgan fingerprint density at radius 3 is 2.11 bits per heavy atom. The van der Waals surface area contributed by atoms with Crippen LogP contribution < -0.4 is 4.90 Å². The van der Waals surface area contributed by atoms with Gasteiger partial charge in [0.1, 0.15) is 0 Å². The SMILES string of the molecule is O=C(c1ccc([N+](=O)[O-])cc1)N(Cc1ccc(Br)cc1)c1ccc(I)cc1. The molecule has 0 N–H and O–H groups in total. The van der Waals surface area contributed by atoms with Crippen LogP contribution in [0.15, 0.2) is 77.3 Å². The summed E-state index contributed by atoms with van der Waals surface area (Å²) >= 11 is 5.63. The van der Waals surface area contributed by atoms with Gasteiger partial charge in [0.2, 0.25) is 0 Å². The summed E-state index contributed by atoms with van der Waals surface area (Å²) in [5.74, 6) is -0.214. The number of amides is 1. The number of nitro groups is 1. The highest BCUT2D eigenvalue weighted by molar-refractivity contribution is 14.1. The van der Waals surface area contributed by atoms with Crippen molar-refractivity contribution < 1.29 is 9.72 Å². The Balaban J connectivity index is 1.94. The first-order chi connectivity index (χ1) is 12.9. The first-order valence-corrected chi connectivity index (χ1v) is 9.87. The van der Waals surface area contributed by atoms with Crippen molar-refractivity contribution in [2.75, 3.05) is 4.90 Å². The molecule has 0 saturated heterocycles. The third kappa shape index (κ3) is 4.92. The van der Waals surface area contributed by atoms with E-state index in [4.69, 9.17) is 0 Å². The molecule has 3 aromatic carbocycles. The van der Waals surface area contributed by atoms with E-state index in [0.717, 1.165) is 19.3 Å². The van der Waals surface area contributed by atoms with Gasteiger partial charge in [0.05, 0.1) is 11.5 Å². The Hall–Kier alpha value is -2.26. The summed E-state index contributed by atoms with van der Waals surface area (Å²) in [7, 11) is 0. The molecule has 5 nitrogen and oxygen atoms in total. The predicted molar refractivity (Wildman–Crippen MR) is 117 cm³/mol. The normalized spacial score (nSPS) is 10.4. The van der Waals surface area contributed by atoms with Gasteiger partial charge in [-0.05, 0) is 76.7 Å². The summed E-state index contributed by atoms with van der Waals surface area (Å²) in [4.78, 5) is 25.2. The molecule has 3 aromatic rings. The lowest BCUT2D eigenvalue weighted by molar-refractivity contribution is -0.384. The Kier molecular flexibility index (Phi) is 6.22. The Bertz CT molecular complexity index is 958. The van der Waals surface area contributed by atoms with Gasteiger partial charge in [-0.25, -0.2) is 0 Å². The van der Waals surface area contributed by atoms with Crippen LogP contribution in [0.1, 0.15) is 15.9 Å². The summed E-state index contributed by atoms with van der Waals surface area (Å²) in [5, 5.41) is 10.8. The fourth-order valence-corrected chi connectivity index (χ4v) is 3.18. The van der Waals surface area contributed by atoms with Crippen LogP contribution in [-0.2, 0) is 6.54 Å². The van der Waals surface area contributed by atoms with Crippen molar-refractivity contribution in [1.29, 1.82) is 0 Å². The number of carbonyl (C=O) groups excluding carboxylic acids is 1. The number of nitro benzene ring substituents is 1. The molecular formula is C20H14BrIN2O3. The third-order valence-corrected chi connectivity index (χ3v) is 5.21. The molecule has 0 bridgehead atoms. The second-order valence-electron chi connectivity index (χ2n) is 5.80. The number of hydrogen-bond acceptors (Lipinski definition) is 3. The second kappa shape index (κ2) is 8.62. The van der Waals surface area contributed by atoms with Crippen molar-refractivity contribution in [3.05, 3.63) is 102 Å². The lowest BCUT2D eigenvalue weighted by atomic mass is 10.1. The molecule has 0 atom stereocenters. The van der Waals surface area contributed by atoms with E-state index in [0.29, 0.717) is 12.1 Å². The molecule has 0 saturated carbocycles. The number of carbonyl (C=O) groups is 1. The first-order valence-electron chi connectivity index (χ1n) is 8.00. The van der Waals surface area contributed by atoms with E-state index in [2.05, 4.69) is 38.5 Å². The molecular weight excluding hydrogens is 523 g/mol. The van der Waals surface area contributed by atoms with E-state index >= 15 is 0 Å². The molecule has 0 aromatic heterocycles. The van der Waals surface area contributed by atoms with Crippen LogP contribution in [-0.4, -0.2) is 10.8 Å². The molecule has 0 fully saturated rings. The van der Waals surface area contributed by atoms with E-state index in [1.165, 1.54) is 24.3 Å². The van der Waals surface area contributed by atoms with Gasteiger partial charge in [-0.15, -0.1) is 0 Å². The summed E-state index contributed by atoms with van der Waals surface area (Å²) in [5.41, 5.74) is 2.10. The maximum Gasteiger partial charge on any atom is 0.269 e. The molecule has 1 amide bonds. The number of halogens is 2. The summed E-state index contributed by atoms with van der Waals surface area (Å²) in [6.45, 7) is 0.393. The number of nitrogens with zero attached hydrogens (tertiary/aromatic N) is 2. The van der Waals surface area contributed by atoms with Crippen LogP contribution in [0, 0.1) is 13.7 Å². The van der Waals surface area contributed by atoms with E-state index in [9.17, 15) is 14.9 Å². The van der Waals surface area contributed by atoms with Gasteiger partial charge < -0.3 is 4.90 Å². The highest BCUT2D eigenvalue weighted by Gasteiger charge is 2.19. The van der Waals surface area contributed by atoms with Crippen LogP contribution in [0.2, 0.25) is 0 Å². The average molecular weight is 537 g/mol. The van der Waals surface area contributed by atoms with Crippen molar-refractivity contribution in [2.24, 2.45) is 0 Å². The third-order valence-electron chi connectivity index (χ3n) is 3.96. The fourth-order valence-electron chi connectivity index (χ4n) is 2.56. The summed E-state index contributed by atoms with van der Waals surface area (Å²) < 4.78 is 2.04. The van der Waals surface area contributed by atoms with E-state index in [1.54, 1.807) is 4.90 Å². The van der Waals surface area contributed by atoms with Gasteiger partial charge in [0.25, 0.3) is 11.6 Å². The standard InChI is InChI=1S/C20H14BrIN2O3/c21-16-5-1-14(2-6-16)13-23(18-11-7-17(22)8-12-18)20(25)15-3-9-19(10-4-15)24(26)27/h1-12H,13H2. The Morgan fingerprint density at radius 1 is 0.963 bits per heavy atom. The number of hydrogen-bond donors (Lipinski definition) is 0. The lowest BCUT2D eigenvalue weighted by Gasteiger charge is -2.23. The van der Waals surface area contributed by atoms with Gasteiger partial charge in [-0.3, -0.25) is 14.9 Å². The van der Waals surface area contributed by atoms with Crippen LogP contribution in [0.5, 0.6) is 0 Å². The summed E-state index contributed by atoms with van der Waals surface area (Å²) in [6, 6.07) is 21.1. The molecule has 0 spiro atoms. The Morgan fingerprint density at radius 2 is 1.56 bits per heavy atom. The monoisotopic (exact) mass is 536 g/mol. The smallest absolute Gasteiger partial charge is 0.269 e. The number of anilines is 1. The molecule has 0 unspecified atom stereocenters. The van der Waals surface area contributed by atoms with Gasteiger partial charge in [0.15, 0.2) is 0 Å². The summed E-state index contributed by atoms with van der Waals surface area (Å²) in [6.07, 6.45) is 0. The van der Waals surface area contributed by atoms with Crippen molar-refractivity contribution in [2.45, 2.75) is 6.54 Å². The zero-order valence-corrected chi connectivity index (χ0v) is 17.8. The minimum Gasteiger partial charge on any atom is -0.304 e. The predicted octanol–water partition coefficient (Wildman–Crippen LogP) is 5.81. The zero-order valence-electron chi connectivity index (χ0n) is 14.0. The van der Waals surface area contributed by atoms with Gasteiger partial charge in [0, 0.05) is 31.4 Å². The molecule has 0 aliphatic carbocycles. The second-order valence-corrected chi connectivity index (χ2v) is 7.96. The molecule has 0 heterocycles. The quantitative estimate of drug-likeness (QED) is 0.235. The van der Waals surface area contributed by atoms with Crippen molar-refractivity contribution in [1.82, 2.24) is 0 Å². The van der Waals surface area contributed by atoms with Crippen molar-refractivity contribution in [3.63, 3.8) is 0 Å². The topological polar surface area (TPSA) is 63.4 Å². The van der Waals surface area contributed by atoms with Crippen molar-refractivity contribution in [3.8, 4) is 0 Å². The van der Waals surface area contributed by atoms with E-state index in [-0.39, 0.29) is 11.6 Å². The van der Waals surface area contributed by atoms with Crippen molar-refractivity contribution >= 4 is 55.8 Å². The van der Waals surface area contributed by atoms with E-state index in [1.807, 2.05) is 48.5 Å². The van der Waals surface area contributed by atoms with Crippen LogP contribution >= 0.6 is 38.5 Å². The highest BCUT2D eigenvalue weighted by Crippen LogP contribution is 2.23. The minimum atomic E-state index is -0.479. The molecule has 3 rings (SSSR count). The minimum absolute atomic E-state index is 0.0414. The zero-order chi connectivity index (χ0) is 19.4. The molecule has 0 radical (unpaired) electrons. The van der Waals surface area contributed by atoms with Crippen LogP contribution in [0.25, 0.3) is 0 Å². The highest BCUT2D eigenvalue weighted by atomic mass is 127. The number of benzene rings is 3. The molecule has 0 aliphatic heterocycles. The maximum absolute atomic E-state index is 13.1. The lowest BCUT2D eigenvalue weighted by Crippen LogP contribution is -2.30. The van der Waals surface area contributed by atoms with Crippen LogP contribution in [0.4, 0.5) is 11.4 Å². The van der Waals surface area contributed by atoms with Gasteiger partial charge in [-0.2, -0.15) is 0 Å². The van der Waals surface area contributed by atoms with Gasteiger partial charge in [-0.1, -0.05) is 28.1 Å². The molecule has 0 aliphatic rings. The molecule has 7 heteroatoms. The number of non-ortho nitro benzene ring substituents is 1. The van der Waals surface area contributed by atoms with Gasteiger partial charge >= 0.3 is 0 Å².